The third kappa shape index (κ3) is 3.48. The molecule has 1 aromatic carbocycles. The molecule has 0 aliphatic rings. The number of rotatable bonds is 6. The minimum absolute atomic E-state index is 0.234. The Balaban J connectivity index is 2.21. The van der Waals surface area contributed by atoms with Gasteiger partial charge in [0.2, 0.25) is 0 Å². The highest BCUT2D eigenvalue weighted by Crippen LogP contribution is 2.30. The van der Waals surface area contributed by atoms with Crippen LogP contribution in [0.25, 0.3) is 0 Å². The van der Waals surface area contributed by atoms with Crippen LogP contribution in [0.5, 0.6) is 5.75 Å². The van der Waals surface area contributed by atoms with Crippen molar-refractivity contribution < 1.29 is 9.15 Å². The van der Waals surface area contributed by atoms with Gasteiger partial charge in [0.05, 0.1) is 7.11 Å². The molecule has 3 heteroatoms. The van der Waals surface area contributed by atoms with Gasteiger partial charge in [-0.05, 0) is 39.3 Å². The van der Waals surface area contributed by atoms with Gasteiger partial charge in [-0.1, -0.05) is 25.1 Å². The van der Waals surface area contributed by atoms with E-state index >= 15 is 0 Å². The lowest BCUT2D eigenvalue weighted by Gasteiger charge is -2.24. The van der Waals surface area contributed by atoms with E-state index in [1.54, 1.807) is 7.11 Å². The Morgan fingerprint density at radius 2 is 1.90 bits per heavy atom. The summed E-state index contributed by atoms with van der Waals surface area (Å²) in [7, 11) is 1.72. The summed E-state index contributed by atoms with van der Waals surface area (Å²) < 4.78 is 11.1. The molecular weight excluding hydrogens is 262 g/mol. The number of methoxy groups -OCH3 is 1. The molecule has 0 spiro atoms. The molecule has 0 aliphatic carbocycles. The predicted molar refractivity (Wildman–Crippen MR) is 85.8 cm³/mol. The first-order valence-corrected chi connectivity index (χ1v) is 7.52. The van der Waals surface area contributed by atoms with Crippen molar-refractivity contribution in [1.29, 1.82) is 0 Å². The van der Waals surface area contributed by atoms with Crippen molar-refractivity contribution in [2.45, 2.75) is 46.2 Å². The lowest BCUT2D eigenvalue weighted by atomic mass is 10.0. The quantitative estimate of drug-likeness (QED) is 0.835. The molecule has 0 fully saturated rings. The maximum Gasteiger partial charge on any atom is 0.123 e. The highest BCUT2D eigenvalue weighted by Gasteiger charge is 2.19. The van der Waals surface area contributed by atoms with Crippen LogP contribution >= 0.6 is 0 Å². The molecule has 3 nitrogen and oxygen atoms in total. The van der Waals surface area contributed by atoms with Gasteiger partial charge < -0.3 is 14.5 Å². The molecule has 2 unspecified atom stereocenters. The summed E-state index contributed by atoms with van der Waals surface area (Å²) in [6, 6.07) is 10.8. The van der Waals surface area contributed by atoms with Gasteiger partial charge >= 0.3 is 0 Å². The zero-order valence-electron chi connectivity index (χ0n) is 13.6. The van der Waals surface area contributed by atoms with Crippen molar-refractivity contribution in [3.05, 3.63) is 53.0 Å². The monoisotopic (exact) mass is 287 g/mol. The van der Waals surface area contributed by atoms with Crippen molar-refractivity contribution in [2.24, 2.45) is 0 Å². The summed E-state index contributed by atoms with van der Waals surface area (Å²) in [4.78, 5) is 0. The molecule has 1 heterocycles. The molecule has 114 valence electrons. The third-order valence-electron chi connectivity index (χ3n) is 3.92. The summed E-state index contributed by atoms with van der Waals surface area (Å²) in [6.07, 6.45) is 1.00. The SMILES string of the molecule is CCC(NC(C)c1cc(C)oc1C)c1ccccc1OC. The van der Waals surface area contributed by atoms with Gasteiger partial charge in [-0.3, -0.25) is 0 Å². The minimum atomic E-state index is 0.234. The van der Waals surface area contributed by atoms with Crippen LogP contribution < -0.4 is 10.1 Å². The molecule has 21 heavy (non-hydrogen) atoms. The van der Waals surface area contributed by atoms with Crippen LogP contribution in [-0.4, -0.2) is 7.11 Å². The van der Waals surface area contributed by atoms with Crippen LogP contribution in [0.4, 0.5) is 0 Å². The number of benzene rings is 1. The number of hydrogen-bond donors (Lipinski definition) is 1. The molecule has 2 rings (SSSR count). The summed E-state index contributed by atoms with van der Waals surface area (Å²) in [5.41, 5.74) is 2.42. The van der Waals surface area contributed by atoms with E-state index in [0.29, 0.717) is 0 Å². The first kappa shape index (κ1) is 15.6. The number of nitrogens with one attached hydrogen (secondary N) is 1. The van der Waals surface area contributed by atoms with Crippen LogP contribution in [0, 0.1) is 13.8 Å². The van der Waals surface area contributed by atoms with Gasteiger partial charge in [-0.2, -0.15) is 0 Å². The highest BCUT2D eigenvalue weighted by atomic mass is 16.5. The molecule has 0 bridgehead atoms. The first-order valence-electron chi connectivity index (χ1n) is 7.52. The summed E-state index contributed by atoms with van der Waals surface area (Å²) in [5, 5.41) is 3.69. The Morgan fingerprint density at radius 3 is 2.48 bits per heavy atom. The molecule has 2 aromatic rings. The van der Waals surface area contributed by atoms with Crippen LogP contribution in [-0.2, 0) is 0 Å². The molecule has 0 saturated carbocycles. The molecule has 1 N–H and O–H groups in total. The minimum Gasteiger partial charge on any atom is -0.496 e. The maximum absolute atomic E-state index is 5.64. The fourth-order valence-electron chi connectivity index (χ4n) is 2.85. The Morgan fingerprint density at radius 1 is 1.19 bits per heavy atom. The third-order valence-corrected chi connectivity index (χ3v) is 3.92. The Labute approximate surface area is 127 Å². The van der Waals surface area contributed by atoms with E-state index in [9.17, 15) is 0 Å². The van der Waals surface area contributed by atoms with E-state index in [2.05, 4.69) is 37.4 Å². The lowest BCUT2D eigenvalue weighted by Crippen LogP contribution is -2.24. The van der Waals surface area contributed by atoms with Gasteiger partial charge in [0.15, 0.2) is 0 Å². The maximum atomic E-state index is 5.64. The average molecular weight is 287 g/mol. The number of ether oxygens (including phenoxy) is 1. The number of hydrogen-bond acceptors (Lipinski definition) is 3. The lowest BCUT2D eigenvalue weighted by molar-refractivity contribution is 0.387. The average Bonchev–Trinajstić information content (AvgIpc) is 2.83. The first-order chi connectivity index (χ1) is 10.1. The van der Waals surface area contributed by atoms with Gasteiger partial charge in [-0.25, -0.2) is 0 Å². The summed E-state index contributed by atoms with van der Waals surface area (Å²) >= 11 is 0. The molecule has 0 amide bonds. The molecule has 0 radical (unpaired) electrons. The van der Waals surface area contributed by atoms with Crippen molar-refractivity contribution in [2.75, 3.05) is 7.11 Å². The van der Waals surface area contributed by atoms with Crippen molar-refractivity contribution in [1.82, 2.24) is 5.32 Å². The van der Waals surface area contributed by atoms with Crippen LogP contribution in [0.3, 0.4) is 0 Å². The molecule has 0 saturated heterocycles. The second-order valence-corrected chi connectivity index (χ2v) is 5.46. The zero-order chi connectivity index (χ0) is 15.4. The standard InChI is InChI=1S/C18H25NO2/c1-6-17(15-9-7-8-10-18(15)20-5)19-13(3)16-11-12(2)21-14(16)4/h7-11,13,17,19H,6H2,1-5H3. The van der Waals surface area contributed by atoms with Gasteiger partial charge in [0.1, 0.15) is 17.3 Å². The molecule has 1 aromatic heterocycles. The molecular formula is C18H25NO2. The second kappa shape index (κ2) is 6.81. The van der Waals surface area contributed by atoms with E-state index in [-0.39, 0.29) is 12.1 Å². The molecule has 0 aliphatic heterocycles. The number of furan rings is 1. The van der Waals surface area contributed by atoms with E-state index in [4.69, 9.17) is 9.15 Å². The van der Waals surface area contributed by atoms with E-state index in [1.165, 1.54) is 11.1 Å². The normalized spacial score (nSPS) is 14.0. The van der Waals surface area contributed by atoms with Gasteiger partial charge in [0.25, 0.3) is 0 Å². The Kier molecular flexibility index (Phi) is 5.07. The topological polar surface area (TPSA) is 34.4 Å². The van der Waals surface area contributed by atoms with Crippen LogP contribution in [0.2, 0.25) is 0 Å². The highest BCUT2D eigenvalue weighted by molar-refractivity contribution is 5.36. The largest absolute Gasteiger partial charge is 0.496 e. The fraction of sp³-hybridized carbons (Fsp3) is 0.444. The predicted octanol–water partition coefficient (Wildman–Crippen LogP) is 4.71. The van der Waals surface area contributed by atoms with Crippen LogP contribution in [0.1, 0.15) is 55.0 Å². The second-order valence-electron chi connectivity index (χ2n) is 5.46. The Hall–Kier alpha value is -1.74. The fourth-order valence-corrected chi connectivity index (χ4v) is 2.85. The summed E-state index contributed by atoms with van der Waals surface area (Å²) in [5.74, 6) is 2.88. The van der Waals surface area contributed by atoms with E-state index in [0.717, 1.165) is 23.7 Å². The number of para-hydroxylation sites is 1. The van der Waals surface area contributed by atoms with Crippen LogP contribution in [0.15, 0.2) is 34.7 Å². The van der Waals surface area contributed by atoms with Crippen molar-refractivity contribution >= 4 is 0 Å². The van der Waals surface area contributed by atoms with Gasteiger partial charge in [0, 0.05) is 23.2 Å². The molecule has 2 atom stereocenters. The van der Waals surface area contributed by atoms with Gasteiger partial charge in [-0.15, -0.1) is 0 Å². The van der Waals surface area contributed by atoms with E-state index < -0.39 is 0 Å². The van der Waals surface area contributed by atoms with Crippen molar-refractivity contribution in [3.8, 4) is 5.75 Å². The summed E-state index contributed by atoms with van der Waals surface area (Å²) in [6.45, 7) is 8.37. The zero-order valence-corrected chi connectivity index (χ0v) is 13.6. The Bertz CT molecular complexity index is 589. The van der Waals surface area contributed by atoms with E-state index in [1.807, 2.05) is 26.0 Å². The van der Waals surface area contributed by atoms with Crippen molar-refractivity contribution in [3.63, 3.8) is 0 Å². The number of aryl methyl sites for hydroxylation is 2. The smallest absolute Gasteiger partial charge is 0.123 e.